The Morgan fingerprint density at radius 1 is 1.47 bits per heavy atom. The van der Waals surface area contributed by atoms with E-state index in [4.69, 9.17) is 5.11 Å². The lowest BCUT2D eigenvalue weighted by Crippen LogP contribution is -2.14. The zero-order chi connectivity index (χ0) is 13.8. The molecule has 0 saturated heterocycles. The molecule has 0 unspecified atom stereocenters. The highest BCUT2D eigenvalue weighted by atomic mass is 19.1. The summed E-state index contributed by atoms with van der Waals surface area (Å²) in [6.07, 6.45) is 1.60. The summed E-state index contributed by atoms with van der Waals surface area (Å²) in [6, 6.07) is 4.04. The van der Waals surface area contributed by atoms with E-state index in [2.05, 4.69) is 15.4 Å². The second-order valence-electron chi connectivity index (χ2n) is 4.06. The number of hydrogen-bond donors (Lipinski definition) is 2. The minimum Gasteiger partial charge on any atom is -0.478 e. The molecule has 0 aliphatic rings. The van der Waals surface area contributed by atoms with Crippen LogP contribution in [-0.4, -0.2) is 25.8 Å². The minimum absolute atomic E-state index is 0.324. The highest BCUT2D eigenvalue weighted by Crippen LogP contribution is 2.10. The first kappa shape index (κ1) is 13.2. The van der Waals surface area contributed by atoms with E-state index < -0.39 is 11.8 Å². The van der Waals surface area contributed by atoms with Crippen LogP contribution >= 0.6 is 0 Å². The Morgan fingerprint density at radius 2 is 2.26 bits per heavy atom. The largest absolute Gasteiger partial charge is 0.478 e. The third-order valence-corrected chi connectivity index (χ3v) is 2.52. The highest BCUT2D eigenvalue weighted by Gasteiger charge is 2.10. The molecule has 0 aliphatic carbocycles. The van der Waals surface area contributed by atoms with E-state index in [0.29, 0.717) is 24.5 Å². The van der Waals surface area contributed by atoms with Crippen LogP contribution < -0.4 is 5.32 Å². The number of nitrogens with one attached hydrogen (secondary N) is 1. The number of aromatic nitrogens is 3. The van der Waals surface area contributed by atoms with Gasteiger partial charge in [-0.05, 0) is 17.7 Å². The van der Waals surface area contributed by atoms with Crippen molar-refractivity contribution >= 4 is 5.97 Å². The molecular weight excluding hydrogens is 251 g/mol. The summed E-state index contributed by atoms with van der Waals surface area (Å²) < 4.78 is 15.0. The molecule has 0 amide bonds. The summed E-state index contributed by atoms with van der Waals surface area (Å²) in [6.45, 7) is 0.873. The number of aryl methyl sites for hydroxylation is 1. The van der Waals surface area contributed by atoms with Crippen LogP contribution in [0.25, 0.3) is 0 Å². The zero-order valence-electron chi connectivity index (χ0n) is 10.3. The first-order chi connectivity index (χ1) is 9.06. The van der Waals surface area contributed by atoms with Gasteiger partial charge in [-0.1, -0.05) is 6.07 Å². The summed E-state index contributed by atoms with van der Waals surface area (Å²) in [5.74, 6) is -1.36. The number of benzene rings is 1. The molecule has 0 spiro atoms. The Kier molecular flexibility index (Phi) is 3.86. The van der Waals surface area contributed by atoms with Gasteiger partial charge in [-0.25, -0.2) is 14.2 Å². The Morgan fingerprint density at radius 3 is 2.84 bits per heavy atom. The number of hydrogen-bond acceptors (Lipinski definition) is 4. The van der Waals surface area contributed by atoms with Gasteiger partial charge in [0.1, 0.15) is 12.1 Å². The fourth-order valence-corrected chi connectivity index (χ4v) is 1.63. The average molecular weight is 264 g/mol. The van der Waals surface area contributed by atoms with Gasteiger partial charge >= 0.3 is 5.97 Å². The number of carbonyl (C=O) groups is 1. The lowest BCUT2D eigenvalue weighted by Gasteiger charge is -2.04. The Hall–Kier alpha value is -2.28. The first-order valence-electron chi connectivity index (χ1n) is 5.63. The van der Waals surface area contributed by atoms with Crippen molar-refractivity contribution in [3.8, 4) is 0 Å². The van der Waals surface area contributed by atoms with E-state index in [0.717, 1.165) is 0 Å². The second-order valence-corrected chi connectivity index (χ2v) is 4.06. The number of nitrogens with zero attached hydrogens (tertiary/aromatic N) is 3. The summed E-state index contributed by atoms with van der Waals surface area (Å²) in [5, 5.41) is 15.9. The topological polar surface area (TPSA) is 80.0 Å². The van der Waals surface area contributed by atoms with Crippen molar-refractivity contribution in [2.75, 3.05) is 0 Å². The Labute approximate surface area is 108 Å². The monoisotopic (exact) mass is 264 g/mol. The second kappa shape index (κ2) is 5.57. The van der Waals surface area contributed by atoms with Gasteiger partial charge in [0.05, 0.1) is 12.1 Å². The molecule has 0 saturated carbocycles. The molecule has 6 nitrogen and oxygen atoms in total. The van der Waals surface area contributed by atoms with Crippen LogP contribution in [0.1, 0.15) is 21.7 Å². The molecule has 7 heteroatoms. The van der Waals surface area contributed by atoms with Crippen molar-refractivity contribution in [1.29, 1.82) is 0 Å². The molecule has 1 aromatic heterocycles. The number of halogens is 1. The number of aromatic carboxylic acids is 1. The van der Waals surface area contributed by atoms with E-state index in [1.54, 1.807) is 24.1 Å². The maximum Gasteiger partial charge on any atom is 0.338 e. The lowest BCUT2D eigenvalue weighted by atomic mass is 10.1. The third-order valence-electron chi connectivity index (χ3n) is 2.52. The number of carboxylic acids is 1. The molecule has 100 valence electrons. The van der Waals surface area contributed by atoms with Gasteiger partial charge in [0, 0.05) is 13.6 Å². The Balaban J connectivity index is 1.93. The molecular formula is C12H13FN4O2. The molecule has 0 atom stereocenters. The smallest absolute Gasteiger partial charge is 0.338 e. The van der Waals surface area contributed by atoms with Gasteiger partial charge in [-0.3, -0.25) is 4.68 Å². The standard InChI is InChI=1S/C12H13FN4O2/c1-17-7-15-11(16-17)6-14-5-8-2-3-9(12(18)19)10(13)4-8/h2-4,7,14H,5-6H2,1H3,(H,18,19). The predicted octanol–water partition coefficient (Wildman–Crippen LogP) is 0.942. The average Bonchev–Trinajstić information content (AvgIpc) is 2.75. The van der Waals surface area contributed by atoms with Crippen LogP contribution in [0.2, 0.25) is 0 Å². The van der Waals surface area contributed by atoms with E-state index in [-0.39, 0.29) is 5.56 Å². The van der Waals surface area contributed by atoms with E-state index in [1.807, 2.05) is 0 Å². The van der Waals surface area contributed by atoms with Crippen LogP contribution in [0.4, 0.5) is 4.39 Å². The zero-order valence-corrected chi connectivity index (χ0v) is 10.3. The predicted molar refractivity (Wildman–Crippen MR) is 64.9 cm³/mol. The summed E-state index contributed by atoms with van der Waals surface area (Å²) >= 11 is 0. The van der Waals surface area contributed by atoms with E-state index in [1.165, 1.54) is 12.1 Å². The van der Waals surface area contributed by atoms with Gasteiger partial charge in [-0.2, -0.15) is 5.10 Å². The fourth-order valence-electron chi connectivity index (χ4n) is 1.63. The van der Waals surface area contributed by atoms with Crippen LogP contribution in [0.15, 0.2) is 24.5 Å². The fraction of sp³-hybridized carbons (Fsp3) is 0.250. The van der Waals surface area contributed by atoms with Gasteiger partial charge in [0.25, 0.3) is 0 Å². The van der Waals surface area contributed by atoms with Gasteiger partial charge in [0.15, 0.2) is 5.82 Å². The maximum absolute atomic E-state index is 13.4. The van der Waals surface area contributed by atoms with Crippen LogP contribution in [0, 0.1) is 5.82 Å². The maximum atomic E-state index is 13.4. The van der Waals surface area contributed by atoms with Gasteiger partial charge < -0.3 is 10.4 Å². The lowest BCUT2D eigenvalue weighted by molar-refractivity contribution is 0.0692. The van der Waals surface area contributed by atoms with Crippen LogP contribution in [0.3, 0.4) is 0 Å². The molecule has 2 N–H and O–H groups in total. The van der Waals surface area contributed by atoms with Gasteiger partial charge in [-0.15, -0.1) is 0 Å². The van der Waals surface area contributed by atoms with Crippen molar-refractivity contribution in [3.05, 3.63) is 47.3 Å². The molecule has 0 aliphatic heterocycles. The molecule has 2 rings (SSSR count). The molecule has 0 bridgehead atoms. The molecule has 1 aromatic carbocycles. The van der Waals surface area contributed by atoms with Crippen molar-refractivity contribution in [2.45, 2.75) is 13.1 Å². The van der Waals surface area contributed by atoms with Gasteiger partial charge in [0.2, 0.25) is 0 Å². The van der Waals surface area contributed by atoms with Crippen LogP contribution in [0.5, 0.6) is 0 Å². The van der Waals surface area contributed by atoms with Crippen LogP contribution in [-0.2, 0) is 20.1 Å². The molecule has 0 radical (unpaired) electrons. The van der Waals surface area contributed by atoms with Crippen molar-refractivity contribution in [1.82, 2.24) is 20.1 Å². The van der Waals surface area contributed by atoms with E-state index >= 15 is 0 Å². The van der Waals surface area contributed by atoms with Crippen molar-refractivity contribution < 1.29 is 14.3 Å². The van der Waals surface area contributed by atoms with E-state index in [9.17, 15) is 9.18 Å². The molecule has 0 fully saturated rings. The third kappa shape index (κ3) is 3.35. The SMILES string of the molecule is Cn1cnc(CNCc2ccc(C(=O)O)c(F)c2)n1. The summed E-state index contributed by atoms with van der Waals surface area (Å²) in [7, 11) is 1.77. The number of carboxylic acid groups (broad SMARTS) is 1. The quantitative estimate of drug-likeness (QED) is 0.840. The molecule has 2 aromatic rings. The highest BCUT2D eigenvalue weighted by molar-refractivity contribution is 5.87. The van der Waals surface area contributed by atoms with Crippen molar-refractivity contribution in [2.24, 2.45) is 7.05 Å². The molecule has 1 heterocycles. The normalized spacial score (nSPS) is 10.6. The van der Waals surface area contributed by atoms with Crippen molar-refractivity contribution in [3.63, 3.8) is 0 Å². The molecule has 19 heavy (non-hydrogen) atoms. The first-order valence-corrected chi connectivity index (χ1v) is 5.63. The minimum atomic E-state index is -1.27. The number of rotatable bonds is 5. The summed E-state index contributed by atoms with van der Waals surface area (Å²) in [5.41, 5.74) is 0.341. The summed E-state index contributed by atoms with van der Waals surface area (Å²) in [4.78, 5) is 14.7. The Bertz CT molecular complexity index is 597.